The first-order chi connectivity index (χ1) is 19.0. The number of rotatable bonds is 6. The number of imidazole rings is 1. The van der Waals surface area contributed by atoms with Gasteiger partial charge in [-0.05, 0) is 80.6 Å². The van der Waals surface area contributed by atoms with Crippen molar-refractivity contribution in [2.75, 3.05) is 13.1 Å². The monoisotopic (exact) mass is 523 g/mol. The summed E-state index contributed by atoms with van der Waals surface area (Å²) < 4.78 is 18.2. The van der Waals surface area contributed by atoms with Gasteiger partial charge in [0.25, 0.3) is 0 Å². The molecule has 1 N–H and O–H groups in total. The Balaban J connectivity index is 1.06. The predicted octanol–water partition coefficient (Wildman–Crippen LogP) is 5.88. The fourth-order valence-corrected chi connectivity index (χ4v) is 6.56. The van der Waals surface area contributed by atoms with E-state index in [1.54, 1.807) is 12.1 Å². The highest BCUT2D eigenvalue weighted by molar-refractivity contribution is 5.93. The molecule has 39 heavy (non-hydrogen) atoms. The maximum atomic E-state index is 13.8. The average Bonchev–Trinajstić information content (AvgIpc) is 3.46. The van der Waals surface area contributed by atoms with Crippen molar-refractivity contribution < 1.29 is 9.50 Å². The van der Waals surface area contributed by atoms with Gasteiger partial charge in [0.05, 0.1) is 22.7 Å². The zero-order valence-electron chi connectivity index (χ0n) is 22.3. The van der Waals surface area contributed by atoms with Gasteiger partial charge < -0.3 is 9.67 Å². The van der Waals surface area contributed by atoms with Crippen LogP contribution in [0.15, 0.2) is 66.7 Å². The summed E-state index contributed by atoms with van der Waals surface area (Å²) >= 11 is 0. The van der Waals surface area contributed by atoms with Crippen LogP contribution in [0.3, 0.4) is 0 Å². The molecule has 1 aliphatic heterocycles. The number of aryl methyl sites for hydroxylation is 1. The standard InChI is InChI=1S/C32H34FN5O/c1-36-30-17-21(9-10-27(30)31(35-36)24-5-4-6-25(33)18-24)19-37-13-11-23(12-14-37)32-34-28-7-2-3-8-29(28)38(32)20-22-15-26(39)16-22/h2-10,17-18,22-23,26,39H,11-16,19-20H2,1H3. The molecule has 3 heterocycles. The van der Waals surface area contributed by atoms with Crippen LogP contribution in [0, 0.1) is 11.7 Å². The number of nitrogens with zero attached hydrogens (tertiary/aromatic N) is 5. The van der Waals surface area contributed by atoms with Crippen LogP contribution in [0.25, 0.3) is 33.2 Å². The molecule has 7 heteroatoms. The van der Waals surface area contributed by atoms with E-state index in [0.717, 1.165) is 79.5 Å². The maximum absolute atomic E-state index is 13.8. The summed E-state index contributed by atoms with van der Waals surface area (Å²) in [6.45, 7) is 3.93. The normalized spacial score (nSPS) is 20.6. The van der Waals surface area contributed by atoms with Gasteiger partial charge in [0.15, 0.2) is 0 Å². The molecule has 0 amide bonds. The molecule has 0 spiro atoms. The minimum absolute atomic E-state index is 0.130. The molecule has 0 bridgehead atoms. The fourth-order valence-electron chi connectivity index (χ4n) is 6.56. The number of benzene rings is 3. The van der Waals surface area contributed by atoms with Crippen molar-refractivity contribution in [1.82, 2.24) is 24.2 Å². The second-order valence-electron chi connectivity index (χ2n) is 11.4. The lowest BCUT2D eigenvalue weighted by molar-refractivity contribution is 0.0351. The number of fused-ring (bicyclic) bond motifs is 2. The number of hydrogen-bond donors (Lipinski definition) is 1. The molecule has 1 saturated carbocycles. The number of likely N-dealkylation sites (tertiary alicyclic amines) is 1. The van der Waals surface area contributed by atoms with Crippen LogP contribution < -0.4 is 0 Å². The topological polar surface area (TPSA) is 59.1 Å². The van der Waals surface area contributed by atoms with Crippen LogP contribution >= 0.6 is 0 Å². The van der Waals surface area contributed by atoms with E-state index >= 15 is 0 Å². The van der Waals surface area contributed by atoms with Crippen LogP contribution in [0.2, 0.25) is 0 Å². The van der Waals surface area contributed by atoms with Crippen molar-refractivity contribution in [3.63, 3.8) is 0 Å². The number of hydrogen-bond acceptors (Lipinski definition) is 4. The van der Waals surface area contributed by atoms with Crippen LogP contribution in [0.4, 0.5) is 4.39 Å². The molecule has 0 unspecified atom stereocenters. The molecule has 2 aromatic heterocycles. The van der Waals surface area contributed by atoms with Gasteiger partial charge >= 0.3 is 0 Å². The Bertz CT molecular complexity index is 1640. The van der Waals surface area contributed by atoms with Gasteiger partial charge in [-0.15, -0.1) is 0 Å². The smallest absolute Gasteiger partial charge is 0.123 e. The number of halogens is 1. The zero-order valence-corrected chi connectivity index (χ0v) is 22.3. The number of aliphatic hydroxyl groups is 1. The SMILES string of the molecule is Cn1nc(-c2cccc(F)c2)c2ccc(CN3CCC(c4nc5ccccc5n4CC4CC(O)C4)CC3)cc21. The highest BCUT2D eigenvalue weighted by Crippen LogP contribution is 2.35. The molecule has 6 nitrogen and oxygen atoms in total. The van der Waals surface area contributed by atoms with E-state index in [9.17, 15) is 9.50 Å². The summed E-state index contributed by atoms with van der Waals surface area (Å²) in [5.74, 6) is 1.97. The second-order valence-corrected chi connectivity index (χ2v) is 11.4. The number of aliphatic hydroxyl groups excluding tert-OH is 1. The van der Waals surface area contributed by atoms with Gasteiger partial charge in [-0.1, -0.05) is 36.4 Å². The van der Waals surface area contributed by atoms with Gasteiger partial charge in [-0.3, -0.25) is 9.58 Å². The second kappa shape index (κ2) is 9.88. The Morgan fingerprint density at radius 3 is 2.56 bits per heavy atom. The average molecular weight is 524 g/mol. The Hall–Kier alpha value is -3.55. The molecule has 1 saturated heterocycles. The van der Waals surface area contributed by atoms with Crippen LogP contribution in [0.1, 0.15) is 43.0 Å². The van der Waals surface area contributed by atoms with Gasteiger partial charge in [-0.2, -0.15) is 5.10 Å². The first kappa shape index (κ1) is 24.5. The molecular weight excluding hydrogens is 489 g/mol. The Kier molecular flexibility index (Phi) is 6.21. The summed E-state index contributed by atoms with van der Waals surface area (Å²) in [5, 5.41) is 15.6. The van der Waals surface area contributed by atoms with Gasteiger partial charge in [-0.25, -0.2) is 9.37 Å². The van der Waals surface area contributed by atoms with E-state index in [1.165, 1.54) is 23.0 Å². The Morgan fingerprint density at radius 2 is 1.77 bits per heavy atom. The minimum atomic E-state index is -0.247. The summed E-state index contributed by atoms with van der Waals surface area (Å²) in [6, 6.07) is 21.7. The fraction of sp³-hybridized carbons (Fsp3) is 0.375. The first-order valence-electron chi connectivity index (χ1n) is 14.1. The summed E-state index contributed by atoms with van der Waals surface area (Å²) in [5.41, 5.74) is 6.26. The maximum Gasteiger partial charge on any atom is 0.123 e. The van der Waals surface area contributed by atoms with Crippen LogP contribution in [-0.2, 0) is 20.1 Å². The third-order valence-corrected chi connectivity index (χ3v) is 8.71. The summed E-state index contributed by atoms with van der Waals surface area (Å²) in [4.78, 5) is 7.64. The van der Waals surface area contributed by atoms with E-state index in [4.69, 9.17) is 10.1 Å². The Labute approximate surface area is 227 Å². The van der Waals surface area contributed by atoms with E-state index in [1.807, 2.05) is 17.8 Å². The largest absolute Gasteiger partial charge is 0.393 e. The van der Waals surface area contributed by atoms with Gasteiger partial charge in [0, 0.05) is 37.0 Å². The van der Waals surface area contributed by atoms with Gasteiger partial charge in [0.1, 0.15) is 17.3 Å². The molecule has 0 atom stereocenters. The van der Waals surface area contributed by atoms with E-state index in [2.05, 4.69) is 51.9 Å². The molecule has 200 valence electrons. The molecule has 0 radical (unpaired) electrons. The van der Waals surface area contributed by atoms with Gasteiger partial charge in [0.2, 0.25) is 0 Å². The quantitative estimate of drug-likeness (QED) is 0.302. The lowest BCUT2D eigenvalue weighted by atomic mass is 9.82. The molecule has 7 rings (SSSR count). The molecule has 5 aromatic rings. The van der Waals surface area contributed by atoms with Crippen LogP contribution in [0.5, 0.6) is 0 Å². The van der Waals surface area contributed by atoms with E-state index in [0.29, 0.717) is 11.8 Å². The van der Waals surface area contributed by atoms with Crippen LogP contribution in [-0.4, -0.2) is 48.5 Å². The Morgan fingerprint density at radius 1 is 0.949 bits per heavy atom. The molecule has 3 aromatic carbocycles. The molecule has 2 aliphatic rings. The van der Waals surface area contributed by atoms with Crippen molar-refractivity contribution in [3.8, 4) is 11.3 Å². The zero-order chi connectivity index (χ0) is 26.5. The number of para-hydroxylation sites is 2. The van der Waals surface area contributed by atoms with Crippen molar-refractivity contribution in [3.05, 3.63) is 83.9 Å². The third-order valence-electron chi connectivity index (χ3n) is 8.71. The van der Waals surface area contributed by atoms with E-state index in [-0.39, 0.29) is 11.9 Å². The van der Waals surface area contributed by atoms with Crippen molar-refractivity contribution in [2.45, 2.75) is 50.8 Å². The lowest BCUT2D eigenvalue weighted by Gasteiger charge is -2.34. The first-order valence-corrected chi connectivity index (χ1v) is 14.1. The number of aromatic nitrogens is 4. The highest BCUT2D eigenvalue weighted by atomic mass is 19.1. The predicted molar refractivity (Wildman–Crippen MR) is 152 cm³/mol. The van der Waals surface area contributed by atoms with E-state index < -0.39 is 0 Å². The molecule has 1 aliphatic carbocycles. The lowest BCUT2D eigenvalue weighted by Crippen LogP contribution is -2.34. The molecule has 2 fully saturated rings. The van der Waals surface area contributed by atoms with Crippen molar-refractivity contribution in [1.29, 1.82) is 0 Å². The van der Waals surface area contributed by atoms with Crippen molar-refractivity contribution in [2.24, 2.45) is 13.0 Å². The third kappa shape index (κ3) is 4.64. The number of piperidine rings is 1. The minimum Gasteiger partial charge on any atom is -0.393 e. The molecular formula is C32H34FN5O. The summed E-state index contributed by atoms with van der Waals surface area (Å²) in [7, 11) is 1.96. The van der Waals surface area contributed by atoms with Crippen molar-refractivity contribution >= 4 is 21.9 Å². The highest BCUT2D eigenvalue weighted by Gasteiger charge is 2.31. The summed E-state index contributed by atoms with van der Waals surface area (Å²) in [6.07, 6.45) is 3.85.